The van der Waals surface area contributed by atoms with E-state index in [0.29, 0.717) is 42.3 Å². The van der Waals surface area contributed by atoms with Gasteiger partial charge in [0.05, 0.1) is 22.7 Å². The van der Waals surface area contributed by atoms with Crippen molar-refractivity contribution in [2.24, 2.45) is 0 Å². The molecule has 0 spiro atoms. The average molecular weight is 605 g/mol. The Hall–Kier alpha value is -3.97. The Bertz CT molecular complexity index is 1680. The molecule has 1 amide bonds. The largest absolute Gasteiger partial charge is 0.459 e. The van der Waals surface area contributed by atoms with Crippen molar-refractivity contribution in [3.05, 3.63) is 101 Å². The number of likely N-dealkylation sites (tertiary alicyclic amines) is 1. The molecule has 2 bridgehead atoms. The van der Waals surface area contributed by atoms with Crippen LogP contribution in [-0.2, 0) is 10.2 Å². The first-order valence-corrected chi connectivity index (χ1v) is 16.7. The van der Waals surface area contributed by atoms with E-state index in [-0.39, 0.29) is 17.4 Å². The molecule has 4 fully saturated rings. The molecule has 45 heavy (non-hydrogen) atoms. The Morgan fingerprint density at radius 3 is 2.27 bits per heavy atom. The number of nitrogens with zero attached hydrogens (tertiary/aromatic N) is 4. The van der Waals surface area contributed by atoms with Crippen molar-refractivity contribution in [1.82, 2.24) is 19.4 Å². The van der Waals surface area contributed by atoms with Crippen LogP contribution in [-0.4, -0.2) is 69.0 Å². The highest BCUT2D eigenvalue weighted by Gasteiger charge is 2.47. The van der Waals surface area contributed by atoms with E-state index in [9.17, 15) is 9.59 Å². The molecule has 1 saturated carbocycles. The Kier molecular flexibility index (Phi) is 7.98. The van der Waals surface area contributed by atoms with Crippen molar-refractivity contribution in [2.75, 3.05) is 19.6 Å². The van der Waals surface area contributed by atoms with Crippen LogP contribution in [0.5, 0.6) is 0 Å². The molecule has 2 atom stereocenters. The lowest BCUT2D eigenvalue weighted by atomic mass is 9.69. The highest BCUT2D eigenvalue weighted by atomic mass is 16.5. The minimum absolute atomic E-state index is 0.0125. The van der Waals surface area contributed by atoms with Crippen LogP contribution < -0.4 is 0 Å². The van der Waals surface area contributed by atoms with Crippen LogP contribution in [0.15, 0.2) is 78.9 Å². The molecule has 7 heteroatoms. The maximum Gasteiger partial charge on any atom is 0.338 e. The third-order valence-corrected chi connectivity index (χ3v) is 10.6. The molecule has 0 radical (unpaired) electrons. The molecule has 2 unspecified atom stereocenters. The molecule has 1 aliphatic carbocycles. The second-order valence-electron chi connectivity index (χ2n) is 13.6. The SMILES string of the molecule is Cc1nc2ccccc2n1C1CC2CC(C1)N2CCC1(c2ccccc2)CCN(C(=O)c2cccc(C(=O)OC(C)C)c2)CC1. The molecule has 7 nitrogen and oxygen atoms in total. The summed E-state index contributed by atoms with van der Waals surface area (Å²) in [5.74, 6) is 0.721. The van der Waals surface area contributed by atoms with Crippen LogP contribution >= 0.6 is 0 Å². The number of piperidine rings is 2. The van der Waals surface area contributed by atoms with E-state index in [2.05, 4.69) is 71.0 Å². The van der Waals surface area contributed by atoms with E-state index in [0.717, 1.165) is 37.1 Å². The number of carbonyl (C=O) groups excluding carboxylic acids is 2. The van der Waals surface area contributed by atoms with Crippen LogP contribution in [0.3, 0.4) is 0 Å². The van der Waals surface area contributed by atoms with Gasteiger partial charge in [-0.3, -0.25) is 9.69 Å². The summed E-state index contributed by atoms with van der Waals surface area (Å²) in [5.41, 5.74) is 4.76. The number of ether oxygens (including phenoxy) is 1. The van der Waals surface area contributed by atoms with Crippen LogP contribution in [0.4, 0.5) is 0 Å². The lowest BCUT2D eigenvalue weighted by Crippen LogP contribution is -2.61. The number of aryl methyl sites for hydroxylation is 1. The number of fused-ring (bicyclic) bond motifs is 3. The van der Waals surface area contributed by atoms with Gasteiger partial charge in [0.2, 0.25) is 0 Å². The van der Waals surface area contributed by atoms with Gasteiger partial charge in [-0.1, -0.05) is 48.5 Å². The monoisotopic (exact) mass is 604 g/mol. The van der Waals surface area contributed by atoms with Crippen LogP contribution in [0, 0.1) is 6.92 Å². The minimum Gasteiger partial charge on any atom is -0.459 e. The highest BCUT2D eigenvalue weighted by molar-refractivity contribution is 5.98. The first kappa shape index (κ1) is 29.7. The molecule has 0 N–H and O–H groups in total. The number of hydrogen-bond donors (Lipinski definition) is 0. The number of imidazole rings is 1. The van der Waals surface area contributed by atoms with Gasteiger partial charge in [-0.15, -0.1) is 0 Å². The van der Waals surface area contributed by atoms with Crippen LogP contribution in [0.25, 0.3) is 11.0 Å². The average Bonchev–Trinajstić information content (AvgIpc) is 3.40. The normalized spacial score (nSPS) is 22.8. The predicted molar refractivity (Wildman–Crippen MR) is 177 cm³/mol. The first-order valence-electron chi connectivity index (χ1n) is 16.7. The van der Waals surface area contributed by atoms with Gasteiger partial charge in [0, 0.05) is 36.8 Å². The van der Waals surface area contributed by atoms with Crippen molar-refractivity contribution in [1.29, 1.82) is 0 Å². The molecular formula is C38H44N4O3. The summed E-state index contributed by atoms with van der Waals surface area (Å²) < 4.78 is 7.85. The van der Waals surface area contributed by atoms with Crippen molar-refractivity contribution in [3.63, 3.8) is 0 Å². The molecule has 4 aliphatic rings. The maximum absolute atomic E-state index is 13.6. The molecule has 3 saturated heterocycles. The van der Waals surface area contributed by atoms with E-state index in [1.165, 1.54) is 30.3 Å². The lowest BCUT2D eigenvalue weighted by molar-refractivity contribution is -0.0534. The molecule has 1 aromatic heterocycles. The number of amides is 1. The number of hydrogen-bond acceptors (Lipinski definition) is 5. The number of rotatable bonds is 8. The van der Waals surface area contributed by atoms with E-state index < -0.39 is 5.97 Å². The van der Waals surface area contributed by atoms with Gasteiger partial charge in [-0.25, -0.2) is 9.78 Å². The second-order valence-corrected chi connectivity index (χ2v) is 13.6. The maximum atomic E-state index is 13.6. The zero-order valence-corrected chi connectivity index (χ0v) is 26.7. The summed E-state index contributed by atoms with van der Waals surface area (Å²) in [6.45, 7) is 8.31. The van der Waals surface area contributed by atoms with Gasteiger partial charge in [-0.05, 0) is 107 Å². The van der Waals surface area contributed by atoms with Gasteiger partial charge in [0.15, 0.2) is 0 Å². The summed E-state index contributed by atoms with van der Waals surface area (Å²) in [5, 5.41) is 0. The fourth-order valence-corrected chi connectivity index (χ4v) is 8.33. The smallest absolute Gasteiger partial charge is 0.338 e. The lowest BCUT2D eigenvalue weighted by Gasteiger charge is -2.57. The van der Waals surface area contributed by atoms with Crippen molar-refractivity contribution in [2.45, 2.75) is 88.9 Å². The molecule has 234 valence electrons. The van der Waals surface area contributed by atoms with Gasteiger partial charge in [0.25, 0.3) is 5.91 Å². The van der Waals surface area contributed by atoms with E-state index in [4.69, 9.17) is 9.72 Å². The zero-order chi connectivity index (χ0) is 31.1. The number of carbonyl (C=O) groups is 2. The van der Waals surface area contributed by atoms with Crippen LogP contribution in [0.2, 0.25) is 0 Å². The Morgan fingerprint density at radius 1 is 0.867 bits per heavy atom. The van der Waals surface area contributed by atoms with Crippen molar-refractivity contribution >= 4 is 22.9 Å². The van der Waals surface area contributed by atoms with Crippen molar-refractivity contribution in [3.8, 4) is 0 Å². The third kappa shape index (κ3) is 5.67. The Morgan fingerprint density at radius 2 is 1.53 bits per heavy atom. The van der Waals surface area contributed by atoms with E-state index >= 15 is 0 Å². The number of esters is 1. The van der Waals surface area contributed by atoms with E-state index in [1.54, 1.807) is 24.3 Å². The number of benzene rings is 3. The van der Waals surface area contributed by atoms with E-state index in [1.807, 2.05) is 18.7 Å². The summed E-state index contributed by atoms with van der Waals surface area (Å²) in [4.78, 5) is 35.6. The van der Waals surface area contributed by atoms with Gasteiger partial charge in [-0.2, -0.15) is 0 Å². The Labute approximate surface area is 266 Å². The Balaban J connectivity index is 1.02. The molecule has 8 rings (SSSR count). The summed E-state index contributed by atoms with van der Waals surface area (Å²) in [7, 11) is 0. The summed E-state index contributed by atoms with van der Waals surface area (Å²) >= 11 is 0. The fourth-order valence-electron chi connectivity index (χ4n) is 8.33. The molecule has 4 heterocycles. The topological polar surface area (TPSA) is 67.7 Å². The number of aromatic nitrogens is 2. The third-order valence-electron chi connectivity index (χ3n) is 10.6. The zero-order valence-electron chi connectivity index (χ0n) is 26.7. The molecule has 4 aromatic rings. The second kappa shape index (κ2) is 12.1. The predicted octanol–water partition coefficient (Wildman–Crippen LogP) is 6.95. The van der Waals surface area contributed by atoms with Crippen molar-refractivity contribution < 1.29 is 14.3 Å². The summed E-state index contributed by atoms with van der Waals surface area (Å²) in [6, 6.07) is 28.2. The molecule has 3 aromatic carbocycles. The highest BCUT2D eigenvalue weighted by Crippen LogP contribution is 2.47. The standard InChI is InChI=1S/C38H44N4O3/c1-26(2)45-37(44)29-11-9-10-28(22-29)36(43)40-19-16-38(17-20-40,30-12-5-4-6-13-30)18-21-41-31-23-32(41)25-33(24-31)42-27(3)39-34-14-7-8-15-35(34)42/h4-15,22,26,31-33H,16-21,23-25H2,1-3H3. The number of para-hydroxylation sites is 2. The van der Waals surface area contributed by atoms with Gasteiger partial charge >= 0.3 is 5.97 Å². The quantitative estimate of drug-likeness (QED) is 0.204. The molecule has 3 aliphatic heterocycles. The summed E-state index contributed by atoms with van der Waals surface area (Å²) in [6.07, 6.45) is 6.42. The molecular weight excluding hydrogens is 560 g/mol. The first-order chi connectivity index (χ1) is 21.8. The fraction of sp³-hybridized carbons (Fsp3) is 0.447. The van der Waals surface area contributed by atoms with Gasteiger partial charge < -0.3 is 14.2 Å². The van der Waals surface area contributed by atoms with Crippen LogP contribution in [0.1, 0.15) is 90.5 Å². The van der Waals surface area contributed by atoms with Gasteiger partial charge in [0.1, 0.15) is 5.82 Å². The minimum atomic E-state index is -0.392.